The Morgan fingerprint density at radius 2 is 1.69 bits per heavy atom. The monoisotopic (exact) mass is 400 g/mol. The second-order valence-corrected chi connectivity index (χ2v) is 6.36. The topological polar surface area (TPSA) is 80.3 Å². The highest BCUT2D eigenvalue weighted by molar-refractivity contribution is 6.03. The van der Waals surface area contributed by atoms with Gasteiger partial charge in [0, 0.05) is 25.5 Å². The quantitative estimate of drug-likeness (QED) is 0.325. The zero-order valence-electron chi connectivity index (χ0n) is 16.3. The molecule has 2 aromatic carbocycles. The number of Topliss-reactive ketones (excluding diaryl/α,β-unsaturated/α-hetero) is 2. The van der Waals surface area contributed by atoms with Gasteiger partial charge in [-0.15, -0.1) is 0 Å². The predicted molar refractivity (Wildman–Crippen MR) is 105 cm³/mol. The molecule has 0 saturated heterocycles. The fraction of sp³-hybridized carbons (Fsp3) is 0.364. The number of rotatable bonds is 11. The van der Waals surface area contributed by atoms with Gasteiger partial charge in [0.25, 0.3) is 0 Å². The zero-order chi connectivity index (χ0) is 20.5. The zero-order valence-corrected chi connectivity index (χ0v) is 16.3. The molecule has 7 nitrogen and oxygen atoms in total. The van der Waals surface area contributed by atoms with Gasteiger partial charge in [0.1, 0.15) is 19.0 Å². The molecule has 29 heavy (non-hydrogen) atoms. The van der Waals surface area contributed by atoms with Gasteiger partial charge in [-0.3, -0.25) is 9.59 Å². The van der Waals surface area contributed by atoms with Gasteiger partial charge in [0.05, 0.1) is 18.8 Å². The first kappa shape index (κ1) is 20.8. The molecule has 0 aliphatic carbocycles. The molecule has 0 N–H and O–H groups in total. The van der Waals surface area contributed by atoms with E-state index < -0.39 is 0 Å². The molecule has 2 aromatic rings. The third kappa shape index (κ3) is 5.79. The maximum Gasteiger partial charge on any atom is 0.189 e. The number of benzene rings is 2. The fourth-order valence-electron chi connectivity index (χ4n) is 2.85. The van der Waals surface area contributed by atoms with Gasteiger partial charge in [-0.05, 0) is 30.3 Å². The summed E-state index contributed by atoms with van der Waals surface area (Å²) >= 11 is 0. The van der Waals surface area contributed by atoms with E-state index in [1.165, 1.54) is 0 Å². The summed E-state index contributed by atoms with van der Waals surface area (Å²) in [4.78, 5) is 25.1. The normalized spacial score (nSPS) is 12.4. The number of para-hydroxylation sites is 1. The Labute approximate surface area is 169 Å². The van der Waals surface area contributed by atoms with E-state index in [-0.39, 0.29) is 31.2 Å². The molecule has 0 aromatic heterocycles. The summed E-state index contributed by atoms with van der Waals surface area (Å²) in [5, 5.41) is 0. The van der Waals surface area contributed by atoms with Crippen LogP contribution in [0.25, 0.3) is 0 Å². The lowest BCUT2D eigenvalue weighted by molar-refractivity contribution is -0.00875. The Bertz CT molecular complexity index is 847. The number of hydrogen-bond acceptors (Lipinski definition) is 7. The molecule has 1 heterocycles. The van der Waals surface area contributed by atoms with Crippen LogP contribution in [0.2, 0.25) is 0 Å². The maximum atomic E-state index is 12.6. The van der Waals surface area contributed by atoms with Crippen LogP contribution >= 0.6 is 0 Å². The first-order valence-electron chi connectivity index (χ1n) is 9.43. The molecule has 1 aliphatic heterocycles. The van der Waals surface area contributed by atoms with Crippen LogP contribution in [0, 0.1) is 0 Å². The molecule has 0 amide bonds. The fourth-order valence-corrected chi connectivity index (χ4v) is 2.85. The molecule has 0 saturated carbocycles. The van der Waals surface area contributed by atoms with E-state index in [9.17, 15) is 9.59 Å². The highest BCUT2D eigenvalue weighted by atomic mass is 16.7. The second kappa shape index (κ2) is 10.6. The third-order valence-corrected chi connectivity index (χ3v) is 4.36. The van der Waals surface area contributed by atoms with Crippen LogP contribution in [0.3, 0.4) is 0 Å². The molecule has 7 heteroatoms. The number of carbonyl (C=O) groups is 2. The minimum Gasteiger partial charge on any atom is -0.486 e. The number of fused-ring (bicyclic) bond motifs is 1. The van der Waals surface area contributed by atoms with Gasteiger partial charge in [-0.1, -0.05) is 12.1 Å². The van der Waals surface area contributed by atoms with Crippen molar-refractivity contribution in [1.82, 2.24) is 0 Å². The van der Waals surface area contributed by atoms with Crippen molar-refractivity contribution in [3.8, 4) is 17.2 Å². The van der Waals surface area contributed by atoms with E-state index in [1.54, 1.807) is 49.6 Å². The average molecular weight is 400 g/mol. The molecule has 0 fully saturated rings. The summed E-state index contributed by atoms with van der Waals surface area (Å²) in [5.74, 6) is 1.32. The van der Waals surface area contributed by atoms with Gasteiger partial charge >= 0.3 is 0 Å². The number of ketones is 2. The van der Waals surface area contributed by atoms with Crippen molar-refractivity contribution in [2.45, 2.75) is 12.8 Å². The smallest absolute Gasteiger partial charge is 0.189 e. The van der Waals surface area contributed by atoms with E-state index in [2.05, 4.69) is 0 Å². The Balaban J connectivity index is 1.56. The van der Waals surface area contributed by atoms with Crippen molar-refractivity contribution in [3.63, 3.8) is 0 Å². The first-order valence-corrected chi connectivity index (χ1v) is 9.43. The Kier molecular flexibility index (Phi) is 7.61. The molecule has 0 bridgehead atoms. The summed E-state index contributed by atoms with van der Waals surface area (Å²) in [7, 11) is 1.59. The van der Waals surface area contributed by atoms with E-state index in [0.29, 0.717) is 54.8 Å². The number of hydrogen-bond donors (Lipinski definition) is 0. The van der Waals surface area contributed by atoms with Crippen molar-refractivity contribution in [1.29, 1.82) is 0 Å². The van der Waals surface area contributed by atoms with Crippen LogP contribution in [0.1, 0.15) is 33.6 Å². The van der Waals surface area contributed by atoms with Crippen LogP contribution < -0.4 is 14.2 Å². The van der Waals surface area contributed by atoms with Gasteiger partial charge < -0.3 is 23.7 Å². The Hall–Kier alpha value is -2.90. The minimum absolute atomic E-state index is 0.0176. The van der Waals surface area contributed by atoms with E-state index in [0.717, 1.165) is 0 Å². The molecule has 0 spiro atoms. The lowest BCUT2D eigenvalue weighted by Crippen LogP contribution is -2.16. The van der Waals surface area contributed by atoms with Crippen LogP contribution in [-0.4, -0.2) is 51.9 Å². The molecule has 0 unspecified atom stereocenters. The van der Waals surface area contributed by atoms with Crippen molar-refractivity contribution in [3.05, 3.63) is 53.6 Å². The number of carbonyl (C=O) groups excluding carboxylic acids is 2. The lowest BCUT2D eigenvalue weighted by Gasteiger charge is -2.18. The maximum absolute atomic E-state index is 12.6. The highest BCUT2D eigenvalue weighted by Gasteiger charge is 2.17. The third-order valence-electron chi connectivity index (χ3n) is 4.36. The van der Waals surface area contributed by atoms with E-state index in [1.807, 2.05) is 0 Å². The molecular weight excluding hydrogens is 376 g/mol. The summed E-state index contributed by atoms with van der Waals surface area (Å²) in [6.45, 7) is 1.83. The average Bonchev–Trinajstić information content (AvgIpc) is 2.77. The largest absolute Gasteiger partial charge is 0.486 e. The second-order valence-electron chi connectivity index (χ2n) is 6.36. The Morgan fingerprint density at radius 3 is 2.52 bits per heavy atom. The summed E-state index contributed by atoms with van der Waals surface area (Å²) in [6, 6.07) is 12.0. The van der Waals surface area contributed by atoms with E-state index >= 15 is 0 Å². The summed E-state index contributed by atoms with van der Waals surface area (Å²) < 4.78 is 26.7. The van der Waals surface area contributed by atoms with Crippen LogP contribution in [0.4, 0.5) is 0 Å². The lowest BCUT2D eigenvalue weighted by atomic mass is 10.0. The van der Waals surface area contributed by atoms with Crippen LogP contribution in [-0.2, 0) is 9.47 Å². The molecular formula is C22H24O7. The Morgan fingerprint density at radius 1 is 0.931 bits per heavy atom. The molecule has 154 valence electrons. The standard InChI is InChI=1S/C22H24O7/c1-25-10-11-26-15-29-20-5-3-2-4-17(20)19(24)8-7-18(23)16-6-9-21-22(14-16)28-13-12-27-21/h2-6,9,14H,7-8,10-13,15H2,1H3. The number of ether oxygens (including phenoxy) is 5. The highest BCUT2D eigenvalue weighted by Crippen LogP contribution is 2.31. The van der Waals surface area contributed by atoms with Crippen LogP contribution in [0.5, 0.6) is 17.2 Å². The summed E-state index contributed by atoms with van der Waals surface area (Å²) in [6.07, 6.45) is 0.176. The van der Waals surface area contributed by atoms with Gasteiger partial charge in [0.2, 0.25) is 0 Å². The van der Waals surface area contributed by atoms with Gasteiger partial charge in [-0.25, -0.2) is 0 Å². The van der Waals surface area contributed by atoms with Crippen molar-refractivity contribution >= 4 is 11.6 Å². The SMILES string of the molecule is COCCOCOc1ccccc1C(=O)CCC(=O)c1ccc2c(c1)OCCO2. The van der Waals surface area contributed by atoms with Gasteiger partial charge in [0.15, 0.2) is 29.9 Å². The predicted octanol–water partition coefficient (Wildman–Crippen LogP) is 3.30. The van der Waals surface area contributed by atoms with Crippen molar-refractivity contribution in [2.24, 2.45) is 0 Å². The van der Waals surface area contributed by atoms with E-state index in [4.69, 9.17) is 23.7 Å². The molecule has 3 rings (SSSR count). The minimum atomic E-state index is -0.164. The summed E-state index contributed by atoms with van der Waals surface area (Å²) in [5.41, 5.74) is 0.927. The molecule has 1 aliphatic rings. The molecule has 0 atom stereocenters. The van der Waals surface area contributed by atoms with Gasteiger partial charge in [-0.2, -0.15) is 0 Å². The van der Waals surface area contributed by atoms with Crippen molar-refractivity contribution < 1.29 is 33.3 Å². The number of methoxy groups -OCH3 is 1. The van der Waals surface area contributed by atoms with Crippen molar-refractivity contribution in [2.75, 3.05) is 40.3 Å². The first-order chi connectivity index (χ1) is 14.2. The van der Waals surface area contributed by atoms with Crippen LogP contribution in [0.15, 0.2) is 42.5 Å². The molecule has 0 radical (unpaired) electrons.